The van der Waals surface area contributed by atoms with Crippen molar-refractivity contribution in [3.63, 3.8) is 0 Å². The van der Waals surface area contributed by atoms with Crippen molar-refractivity contribution in [1.82, 2.24) is 4.98 Å². The zero-order chi connectivity index (χ0) is 17.6. The SMILES string of the molecule is COc1cc(C=NNc2nc(-c3ccccc3)cs2)cc(OC)c1O. The second kappa shape index (κ2) is 7.67. The summed E-state index contributed by atoms with van der Waals surface area (Å²) < 4.78 is 10.2. The van der Waals surface area contributed by atoms with E-state index >= 15 is 0 Å². The standard InChI is InChI=1S/C18H17N3O3S/c1-23-15-8-12(9-16(24-2)17(15)22)10-19-21-18-20-14(11-25-18)13-6-4-3-5-7-13/h3-11,22H,1-2H3,(H,20,21). The van der Waals surface area contributed by atoms with Crippen molar-refractivity contribution in [2.24, 2.45) is 5.10 Å². The van der Waals surface area contributed by atoms with Crippen molar-refractivity contribution in [1.29, 1.82) is 0 Å². The monoisotopic (exact) mass is 355 g/mol. The van der Waals surface area contributed by atoms with Gasteiger partial charge in [0.15, 0.2) is 11.5 Å². The lowest BCUT2D eigenvalue weighted by molar-refractivity contribution is 0.340. The zero-order valence-electron chi connectivity index (χ0n) is 13.8. The van der Waals surface area contributed by atoms with Crippen LogP contribution < -0.4 is 14.9 Å². The minimum absolute atomic E-state index is 0.0393. The van der Waals surface area contributed by atoms with Gasteiger partial charge in [-0.05, 0) is 12.1 Å². The average Bonchev–Trinajstić information content (AvgIpc) is 3.12. The van der Waals surface area contributed by atoms with Crippen LogP contribution in [0.15, 0.2) is 52.9 Å². The Morgan fingerprint density at radius 1 is 1.12 bits per heavy atom. The minimum atomic E-state index is -0.0393. The normalized spacial score (nSPS) is 10.8. The second-order valence-electron chi connectivity index (χ2n) is 5.05. The molecule has 128 valence electrons. The summed E-state index contributed by atoms with van der Waals surface area (Å²) in [7, 11) is 2.96. The molecule has 0 aliphatic rings. The Morgan fingerprint density at radius 3 is 2.44 bits per heavy atom. The maximum Gasteiger partial charge on any atom is 0.203 e. The van der Waals surface area contributed by atoms with Crippen LogP contribution in [-0.4, -0.2) is 30.5 Å². The van der Waals surface area contributed by atoms with E-state index in [1.807, 2.05) is 35.7 Å². The van der Waals surface area contributed by atoms with Gasteiger partial charge in [0, 0.05) is 16.5 Å². The number of anilines is 1. The molecule has 7 heteroatoms. The van der Waals surface area contributed by atoms with Gasteiger partial charge in [-0.2, -0.15) is 5.10 Å². The van der Waals surface area contributed by atoms with Gasteiger partial charge in [-0.15, -0.1) is 11.3 Å². The number of rotatable bonds is 6. The van der Waals surface area contributed by atoms with Crippen LogP contribution >= 0.6 is 11.3 Å². The molecule has 0 fully saturated rings. The lowest BCUT2D eigenvalue weighted by Gasteiger charge is -2.09. The molecule has 0 amide bonds. The number of thiazole rings is 1. The number of aromatic hydroxyl groups is 1. The van der Waals surface area contributed by atoms with Gasteiger partial charge in [0.2, 0.25) is 10.9 Å². The van der Waals surface area contributed by atoms with Gasteiger partial charge in [0.1, 0.15) is 0 Å². The van der Waals surface area contributed by atoms with Crippen molar-refractivity contribution in [3.8, 4) is 28.5 Å². The minimum Gasteiger partial charge on any atom is -0.502 e. The average molecular weight is 355 g/mol. The quantitative estimate of drug-likeness (QED) is 0.517. The van der Waals surface area contributed by atoms with Gasteiger partial charge >= 0.3 is 0 Å². The maximum absolute atomic E-state index is 9.91. The van der Waals surface area contributed by atoms with E-state index in [1.54, 1.807) is 18.3 Å². The van der Waals surface area contributed by atoms with Gasteiger partial charge < -0.3 is 14.6 Å². The molecule has 0 radical (unpaired) electrons. The summed E-state index contributed by atoms with van der Waals surface area (Å²) in [4.78, 5) is 4.50. The van der Waals surface area contributed by atoms with Crippen LogP contribution in [0.3, 0.4) is 0 Å². The summed E-state index contributed by atoms with van der Waals surface area (Å²) in [5, 5.41) is 16.7. The third-order valence-corrected chi connectivity index (χ3v) is 4.20. The van der Waals surface area contributed by atoms with Crippen LogP contribution in [0.2, 0.25) is 0 Å². The van der Waals surface area contributed by atoms with E-state index in [9.17, 15) is 5.11 Å². The summed E-state index contributed by atoms with van der Waals surface area (Å²) >= 11 is 1.47. The topological polar surface area (TPSA) is 76.0 Å². The Hall–Kier alpha value is -3.06. The smallest absolute Gasteiger partial charge is 0.203 e. The zero-order valence-corrected chi connectivity index (χ0v) is 14.6. The Morgan fingerprint density at radius 2 is 1.80 bits per heavy atom. The first-order chi connectivity index (χ1) is 12.2. The van der Waals surface area contributed by atoms with Crippen molar-refractivity contribution in [2.45, 2.75) is 0 Å². The molecule has 0 spiro atoms. The van der Waals surface area contributed by atoms with Crippen LogP contribution in [0, 0.1) is 0 Å². The molecule has 3 rings (SSSR count). The highest BCUT2D eigenvalue weighted by molar-refractivity contribution is 7.14. The van der Waals surface area contributed by atoms with E-state index in [0.717, 1.165) is 16.8 Å². The lowest BCUT2D eigenvalue weighted by Crippen LogP contribution is -1.94. The second-order valence-corrected chi connectivity index (χ2v) is 5.91. The third-order valence-electron chi connectivity index (χ3n) is 3.45. The number of phenols is 1. The first kappa shape index (κ1) is 16.8. The highest BCUT2D eigenvalue weighted by Gasteiger charge is 2.10. The fraction of sp³-hybridized carbons (Fsp3) is 0.111. The Labute approximate surface area is 149 Å². The van der Waals surface area contributed by atoms with Gasteiger partial charge in [-0.25, -0.2) is 4.98 Å². The number of nitrogens with one attached hydrogen (secondary N) is 1. The Kier molecular flexibility index (Phi) is 5.15. The first-order valence-electron chi connectivity index (χ1n) is 7.46. The number of nitrogens with zero attached hydrogens (tertiary/aromatic N) is 2. The third kappa shape index (κ3) is 3.89. The highest BCUT2D eigenvalue weighted by Crippen LogP contribution is 2.36. The molecular formula is C18H17N3O3S. The molecule has 1 aromatic heterocycles. The number of hydrogen-bond donors (Lipinski definition) is 2. The van der Waals surface area contributed by atoms with Crippen molar-refractivity contribution >= 4 is 22.7 Å². The first-order valence-corrected chi connectivity index (χ1v) is 8.34. The highest BCUT2D eigenvalue weighted by atomic mass is 32.1. The van der Waals surface area contributed by atoms with Crippen molar-refractivity contribution in [3.05, 3.63) is 53.4 Å². The molecule has 3 aromatic rings. The van der Waals surface area contributed by atoms with E-state index in [0.29, 0.717) is 16.6 Å². The molecule has 0 unspecified atom stereocenters. The molecule has 0 saturated heterocycles. The lowest BCUT2D eigenvalue weighted by atomic mass is 10.2. The fourth-order valence-corrected chi connectivity index (χ4v) is 2.89. The fourth-order valence-electron chi connectivity index (χ4n) is 2.22. The summed E-state index contributed by atoms with van der Waals surface area (Å²) in [6.45, 7) is 0. The summed E-state index contributed by atoms with van der Waals surface area (Å²) in [5.74, 6) is 0.602. The maximum atomic E-state index is 9.91. The molecule has 2 N–H and O–H groups in total. The van der Waals surface area contributed by atoms with Crippen LogP contribution in [0.4, 0.5) is 5.13 Å². The molecule has 0 aliphatic carbocycles. The van der Waals surface area contributed by atoms with Gasteiger partial charge in [0.25, 0.3) is 0 Å². The van der Waals surface area contributed by atoms with E-state index in [-0.39, 0.29) is 5.75 Å². The summed E-state index contributed by atoms with van der Waals surface area (Å²) in [5.41, 5.74) is 5.59. The number of methoxy groups -OCH3 is 2. The number of aromatic nitrogens is 1. The van der Waals surface area contributed by atoms with Gasteiger partial charge in [0.05, 0.1) is 26.1 Å². The molecule has 0 bridgehead atoms. The molecule has 6 nitrogen and oxygen atoms in total. The molecule has 1 heterocycles. The Bertz CT molecular complexity index is 853. The van der Waals surface area contributed by atoms with Gasteiger partial charge in [-0.3, -0.25) is 5.43 Å². The molecule has 0 aliphatic heterocycles. The van der Waals surface area contributed by atoms with Crippen molar-refractivity contribution in [2.75, 3.05) is 19.6 Å². The van der Waals surface area contributed by atoms with Crippen LogP contribution in [0.1, 0.15) is 5.56 Å². The molecule has 2 aromatic carbocycles. The summed E-state index contributed by atoms with van der Waals surface area (Å²) in [6, 6.07) is 13.3. The number of ether oxygens (including phenoxy) is 2. The summed E-state index contributed by atoms with van der Waals surface area (Å²) in [6.07, 6.45) is 1.61. The molecule has 25 heavy (non-hydrogen) atoms. The number of hydrogen-bond acceptors (Lipinski definition) is 7. The largest absolute Gasteiger partial charge is 0.502 e. The molecule has 0 saturated carbocycles. The number of hydrazone groups is 1. The molecule has 0 atom stereocenters. The van der Waals surface area contributed by atoms with E-state index in [4.69, 9.17) is 9.47 Å². The van der Waals surface area contributed by atoms with Gasteiger partial charge in [-0.1, -0.05) is 30.3 Å². The number of phenolic OH excluding ortho intramolecular Hbond substituents is 1. The molecular weight excluding hydrogens is 338 g/mol. The van der Waals surface area contributed by atoms with Crippen LogP contribution in [0.25, 0.3) is 11.3 Å². The predicted molar refractivity (Wildman–Crippen MR) is 100.0 cm³/mol. The predicted octanol–water partition coefficient (Wildman–Crippen LogP) is 3.98. The van der Waals surface area contributed by atoms with E-state index < -0.39 is 0 Å². The number of benzene rings is 2. The van der Waals surface area contributed by atoms with Crippen molar-refractivity contribution < 1.29 is 14.6 Å². The van der Waals surface area contributed by atoms with E-state index in [1.165, 1.54) is 25.6 Å². The van der Waals surface area contributed by atoms with Crippen LogP contribution in [0.5, 0.6) is 17.2 Å². The van der Waals surface area contributed by atoms with E-state index in [2.05, 4.69) is 15.5 Å². The Balaban J connectivity index is 1.73. The van der Waals surface area contributed by atoms with Crippen LogP contribution in [-0.2, 0) is 0 Å².